The Labute approximate surface area is 147 Å². The van der Waals surface area contributed by atoms with Crippen LogP contribution in [0.5, 0.6) is 5.75 Å². The number of nitrogens with zero attached hydrogens (tertiary/aromatic N) is 1. The van der Waals surface area contributed by atoms with Gasteiger partial charge >= 0.3 is 0 Å². The molecule has 2 aromatic carbocycles. The average Bonchev–Trinajstić information content (AvgIpc) is 3.49. The van der Waals surface area contributed by atoms with Gasteiger partial charge in [-0.15, -0.1) is 0 Å². The molecule has 1 saturated heterocycles. The van der Waals surface area contributed by atoms with Gasteiger partial charge in [-0.25, -0.2) is 4.39 Å². The van der Waals surface area contributed by atoms with Crippen molar-refractivity contribution in [2.24, 2.45) is 5.92 Å². The van der Waals surface area contributed by atoms with Gasteiger partial charge in [0.1, 0.15) is 17.7 Å². The summed E-state index contributed by atoms with van der Waals surface area (Å²) < 4.78 is 19.3. The van der Waals surface area contributed by atoms with Gasteiger partial charge in [0.2, 0.25) is 5.91 Å². The van der Waals surface area contributed by atoms with Crippen LogP contribution in [-0.2, 0) is 4.79 Å². The monoisotopic (exact) mass is 339 g/mol. The number of ether oxygens (including phenoxy) is 1. The third-order valence-electron chi connectivity index (χ3n) is 5.12. The SMILES string of the molecule is O=C(C1CC1)N1CCC(Oc2ccc(F)cc2)C(c2ccccc2)C1. The minimum Gasteiger partial charge on any atom is -0.490 e. The molecule has 3 nitrogen and oxygen atoms in total. The Morgan fingerprint density at radius 3 is 2.40 bits per heavy atom. The topological polar surface area (TPSA) is 29.5 Å². The number of hydrogen-bond acceptors (Lipinski definition) is 2. The van der Waals surface area contributed by atoms with Crippen LogP contribution >= 0.6 is 0 Å². The summed E-state index contributed by atoms with van der Waals surface area (Å²) >= 11 is 0. The van der Waals surface area contributed by atoms with E-state index in [1.807, 2.05) is 23.1 Å². The van der Waals surface area contributed by atoms with Gasteiger partial charge in [-0.3, -0.25) is 4.79 Å². The molecule has 4 heteroatoms. The summed E-state index contributed by atoms with van der Waals surface area (Å²) in [6.45, 7) is 1.41. The molecule has 130 valence electrons. The molecule has 1 aliphatic carbocycles. The van der Waals surface area contributed by atoms with Gasteiger partial charge in [0.05, 0.1) is 0 Å². The smallest absolute Gasteiger partial charge is 0.225 e. The summed E-state index contributed by atoms with van der Waals surface area (Å²) in [5.41, 5.74) is 1.18. The van der Waals surface area contributed by atoms with E-state index < -0.39 is 0 Å². The summed E-state index contributed by atoms with van der Waals surface area (Å²) in [6, 6.07) is 16.4. The molecular formula is C21H22FNO2. The Kier molecular flexibility index (Phi) is 4.43. The number of hydrogen-bond donors (Lipinski definition) is 0. The van der Waals surface area contributed by atoms with Crippen LogP contribution in [0.25, 0.3) is 0 Å². The molecule has 2 unspecified atom stereocenters. The molecule has 1 saturated carbocycles. The third kappa shape index (κ3) is 3.68. The molecule has 1 amide bonds. The van der Waals surface area contributed by atoms with E-state index in [1.54, 1.807) is 12.1 Å². The van der Waals surface area contributed by atoms with Gasteiger partial charge in [-0.1, -0.05) is 30.3 Å². The fourth-order valence-electron chi connectivity index (χ4n) is 3.57. The van der Waals surface area contributed by atoms with Crippen LogP contribution in [-0.4, -0.2) is 30.0 Å². The lowest BCUT2D eigenvalue weighted by molar-refractivity contribution is -0.134. The Bertz CT molecular complexity index is 727. The van der Waals surface area contributed by atoms with E-state index in [-0.39, 0.29) is 23.8 Å². The fraction of sp³-hybridized carbons (Fsp3) is 0.381. The second-order valence-corrected chi connectivity index (χ2v) is 6.97. The first-order chi connectivity index (χ1) is 12.2. The summed E-state index contributed by atoms with van der Waals surface area (Å²) in [6.07, 6.45) is 2.83. The predicted octanol–water partition coefficient (Wildman–Crippen LogP) is 4.00. The number of carbonyl (C=O) groups excluding carboxylic acids is 1. The molecule has 1 heterocycles. The summed E-state index contributed by atoms with van der Waals surface area (Å²) in [4.78, 5) is 14.5. The molecule has 0 bridgehead atoms. The number of rotatable bonds is 4. The standard InChI is InChI=1S/C21H22FNO2/c22-17-8-10-18(11-9-17)25-20-12-13-23(21(24)16-6-7-16)14-19(20)15-4-2-1-3-5-15/h1-5,8-11,16,19-20H,6-7,12-14H2. The van der Waals surface area contributed by atoms with Crippen molar-refractivity contribution in [1.29, 1.82) is 0 Å². The first kappa shape index (κ1) is 16.1. The van der Waals surface area contributed by atoms with Gasteiger partial charge in [0.25, 0.3) is 0 Å². The van der Waals surface area contributed by atoms with E-state index in [9.17, 15) is 9.18 Å². The first-order valence-corrected chi connectivity index (χ1v) is 8.96. The molecule has 0 spiro atoms. The lowest BCUT2D eigenvalue weighted by Crippen LogP contribution is -2.47. The Balaban J connectivity index is 1.54. The largest absolute Gasteiger partial charge is 0.490 e. The van der Waals surface area contributed by atoms with Crippen molar-refractivity contribution < 1.29 is 13.9 Å². The summed E-state index contributed by atoms with van der Waals surface area (Å²) in [7, 11) is 0. The van der Waals surface area contributed by atoms with Crippen LogP contribution in [0, 0.1) is 11.7 Å². The number of carbonyl (C=O) groups is 1. The third-order valence-corrected chi connectivity index (χ3v) is 5.12. The molecule has 2 aliphatic rings. The highest BCUT2D eigenvalue weighted by Gasteiger charge is 2.39. The van der Waals surface area contributed by atoms with E-state index in [0.29, 0.717) is 18.2 Å². The maximum atomic E-state index is 13.1. The highest BCUT2D eigenvalue weighted by atomic mass is 19.1. The molecule has 4 rings (SSSR count). The van der Waals surface area contributed by atoms with Gasteiger partial charge < -0.3 is 9.64 Å². The molecule has 0 radical (unpaired) electrons. The number of amides is 1. The fourth-order valence-corrected chi connectivity index (χ4v) is 3.57. The molecule has 0 aromatic heterocycles. The van der Waals surface area contributed by atoms with Crippen molar-refractivity contribution in [3.05, 3.63) is 66.0 Å². The zero-order valence-electron chi connectivity index (χ0n) is 14.1. The van der Waals surface area contributed by atoms with Crippen LogP contribution in [0.15, 0.2) is 54.6 Å². The molecule has 2 aromatic rings. The Morgan fingerprint density at radius 1 is 1.00 bits per heavy atom. The maximum absolute atomic E-state index is 13.1. The Hall–Kier alpha value is -2.36. The molecule has 25 heavy (non-hydrogen) atoms. The zero-order chi connectivity index (χ0) is 17.2. The molecule has 2 fully saturated rings. The van der Waals surface area contributed by atoms with Crippen LogP contribution in [0.3, 0.4) is 0 Å². The zero-order valence-corrected chi connectivity index (χ0v) is 14.1. The van der Waals surface area contributed by atoms with Crippen LogP contribution < -0.4 is 4.74 Å². The van der Waals surface area contributed by atoms with Gasteiger partial charge in [-0.2, -0.15) is 0 Å². The second-order valence-electron chi connectivity index (χ2n) is 6.97. The Morgan fingerprint density at radius 2 is 1.72 bits per heavy atom. The van der Waals surface area contributed by atoms with Crippen LogP contribution in [0.2, 0.25) is 0 Å². The van der Waals surface area contributed by atoms with Crippen molar-refractivity contribution in [3.63, 3.8) is 0 Å². The van der Waals surface area contributed by atoms with Gasteiger partial charge in [-0.05, 0) is 42.7 Å². The molecule has 2 atom stereocenters. The van der Waals surface area contributed by atoms with Crippen LogP contribution in [0.1, 0.15) is 30.7 Å². The van der Waals surface area contributed by atoms with Crippen molar-refractivity contribution >= 4 is 5.91 Å². The minimum absolute atomic E-state index is 0.0175. The van der Waals surface area contributed by atoms with Crippen molar-refractivity contribution in [2.75, 3.05) is 13.1 Å². The maximum Gasteiger partial charge on any atom is 0.225 e. The molecular weight excluding hydrogens is 317 g/mol. The summed E-state index contributed by atoms with van der Waals surface area (Å²) in [5.74, 6) is 1.07. The quantitative estimate of drug-likeness (QED) is 0.843. The first-order valence-electron chi connectivity index (χ1n) is 8.96. The van der Waals surface area contributed by atoms with E-state index in [0.717, 1.165) is 25.8 Å². The second kappa shape index (κ2) is 6.87. The number of benzene rings is 2. The van der Waals surface area contributed by atoms with E-state index in [4.69, 9.17) is 4.74 Å². The highest BCUT2D eigenvalue weighted by molar-refractivity contribution is 5.81. The van der Waals surface area contributed by atoms with E-state index in [2.05, 4.69) is 12.1 Å². The highest BCUT2D eigenvalue weighted by Crippen LogP contribution is 2.35. The van der Waals surface area contributed by atoms with E-state index >= 15 is 0 Å². The molecule has 0 N–H and O–H groups in total. The normalized spacial score (nSPS) is 23.3. The van der Waals surface area contributed by atoms with Gasteiger partial charge in [0, 0.05) is 31.3 Å². The van der Waals surface area contributed by atoms with Gasteiger partial charge in [0.15, 0.2) is 0 Å². The lowest BCUT2D eigenvalue weighted by atomic mass is 9.87. The van der Waals surface area contributed by atoms with Crippen LogP contribution in [0.4, 0.5) is 4.39 Å². The lowest BCUT2D eigenvalue weighted by Gasteiger charge is -2.39. The predicted molar refractivity (Wildman–Crippen MR) is 93.9 cm³/mol. The van der Waals surface area contributed by atoms with Crippen molar-refractivity contribution in [2.45, 2.75) is 31.3 Å². The van der Waals surface area contributed by atoms with E-state index in [1.165, 1.54) is 17.7 Å². The molecule has 1 aliphatic heterocycles. The minimum atomic E-state index is -0.267. The van der Waals surface area contributed by atoms with Crippen molar-refractivity contribution in [3.8, 4) is 5.75 Å². The number of likely N-dealkylation sites (tertiary alicyclic amines) is 1. The number of piperidine rings is 1. The average molecular weight is 339 g/mol. The van der Waals surface area contributed by atoms with Crippen molar-refractivity contribution in [1.82, 2.24) is 4.90 Å². The summed E-state index contributed by atoms with van der Waals surface area (Å²) in [5, 5.41) is 0. The number of halogens is 1.